The molecule has 2 aromatic heterocycles. The minimum Gasteiger partial charge on any atom is -0.483 e. The Balaban J connectivity index is 2.03. The highest BCUT2D eigenvalue weighted by Gasteiger charge is 2.28. The zero-order chi connectivity index (χ0) is 20.4. The summed E-state index contributed by atoms with van der Waals surface area (Å²) in [5, 5.41) is 2.81. The molecule has 148 valence electrons. The molecule has 0 aliphatic heterocycles. The summed E-state index contributed by atoms with van der Waals surface area (Å²) in [6, 6.07) is 4.18. The van der Waals surface area contributed by atoms with Gasteiger partial charge in [0, 0.05) is 5.41 Å². The van der Waals surface area contributed by atoms with E-state index in [1.807, 2.05) is 20.8 Å². The van der Waals surface area contributed by atoms with Crippen molar-refractivity contribution in [1.82, 2.24) is 10.3 Å². The zero-order valence-corrected chi connectivity index (χ0v) is 15.9. The number of furan rings is 1. The van der Waals surface area contributed by atoms with Crippen LogP contribution in [0.25, 0.3) is 0 Å². The van der Waals surface area contributed by atoms with E-state index in [0.29, 0.717) is 22.8 Å². The molecule has 0 aliphatic rings. The molecule has 5 nitrogen and oxygen atoms in total. The second-order valence-corrected chi connectivity index (χ2v) is 7.35. The third-order valence-corrected chi connectivity index (χ3v) is 3.85. The molecule has 0 aromatic carbocycles. The van der Waals surface area contributed by atoms with Gasteiger partial charge in [-0.05, 0) is 32.0 Å². The molecule has 2 rings (SSSR count). The molecule has 1 amide bonds. The molecule has 0 radical (unpaired) electrons. The minimum absolute atomic E-state index is 0.00935. The van der Waals surface area contributed by atoms with Crippen LogP contribution in [-0.4, -0.2) is 23.7 Å². The van der Waals surface area contributed by atoms with Crippen molar-refractivity contribution in [3.8, 4) is 5.75 Å². The molecule has 0 fully saturated rings. The van der Waals surface area contributed by atoms with E-state index >= 15 is 0 Å². The van der Waals surface area contributed by atoms with Crippen LogP contribution in [-0.2, 0) is 5.41 Å². The lowest BCUT2D eigenvalue weighted by molar-refractivity contribution is -0.153. The zero-order valence-electron chi connectivity index (χ0n) is 15.9. The summed E-state index contributed by atoms with van der Waals surface area (Å²) in [6.45, 7) is 8.04. The van der Waals surface area contributed by atoms with Crippen molar-refractivity contribution in [1.29, 1.82) is 0 Å². The summed E-state index contributed by atoms with van der Waals surface area (Å²) in [5.74, 6) is 0.934. The van der Waals surface area contributed by atoms with Crippen molar-refractivity contribution in [2.75, 3.05) is 6.61 Å². The van der Waals surface area contributed by atoms with Crippen LogP contribution < -0.4 is 10.1 Å². The number of pyridine rings is 1. The predicted octanol–water partition coefficient (Wildman–Crippen LogP) is 4.71. The first-order valence-electron chi connectivity index (χ1n) is 8.44. The number of nitrogens with zero attached hydrogens (tertiary/aromatic N) is 1. The van der Waals surface area contributed by atoms with Gasteiger partial charge in [-0.1, -0.05) is 20.8 Å². The lowest BCUT2D eigenvalue weighted by Crippen LogP contribution is -2.27. The van der Waals surface area contributed by atoms with Crippen LogP contribution >= 0.6 is 0 Å². The fourth-order valence-electron chi connectivity index (χ4n) is 2.32. The predicted molar refractivity (Wildman–Crippen MR) is 93.8 cm³/mol. The van der Waals surface area contributed by atoms with Crippen LogP contribution in [0.4, 0.5) is 13.2 Å². The monoisotopic (exact) mass is 384 g/mol. The van der Waals surface area contributed by atoms with Gasteiger partial charge in [0.2, 0.25) is 0 Å². The molecule has 0 aliphatic carbocycles. The van der Waals surface area contributed by atoms with E-state index in [0.717, 1.165) is 0 Å². The number of ether oxygens (including phenoxy) is 1. The Bertz CT molecular complexity index is 790. The van der Waals surface area contributed by atoms with E-state index in [2.05, 4.69) is 15.0 Å². The number of aryl methyl sites for hydroxylation is 1. The standard InChI is InChI=1S/C19H23F3N2O3/c1-11(15-7-6-13(9-23-15)26-10-19(20,21)22)24-17(25)14-8-16(18(3,4)5)27-12(14)2/h6-9,11H,10H2,1-5H3,(H,24,25)/t11-/m1/s1. The highest BCUT2D eigenvalue weighted by atomic mass is 19.4. The lowest BCUT2D eigenvalue weighted by Gasteiger charge is -2.14. The van der Waals surface area contributed by atoms with Crippen molar-refractivity contribution in [2.24, 2.45) is 0 Å². The average Bonchev–Trinajstić information content (AvgIpc) is 2.95. The van der Waals surface area contributed by atoms with Gasteiger partial charge in [-0.3, -0.25) is 9.78 Å². The number of hydrogen-bond acceptors (Lipinski definition) is 4. The van der Waals surface area contributed by atoms with Crippen molar-refractivity contribution in [2.45, 2.75) is 52.3 Å². The topological polar surface area (TPSA) is 64.4 Å². The molecule has 2 heterocycles. The van der Waals surface area contributed by atoms with Crippen molar-refractivity contribution < 1.29 is 27.1 Å². The van der Waals surface area contributed by atoms with Crippen LogP contribution in [0.2, 0.25) is 0 Å². The first-order chi connectivity index (χ1) is 12.4. The van der Waals surface area contributed by atoms with Crippen LogP contribution in [0.5, 0.6) is 5.75 Å². The molecule has 0 bridgehead atoms. The molecule has 0 unspecified atom stereocenters. The van der Waals surface area contributed by atoms with Gasteiger partial charge >= 0.3 is 6.18 Å². The Morgan fingerprint density at radius 2 is 1.96 bits per heavy atom. The van der Waals surface area contributed by atoms with Gasteiger partial charge in [0.15, 0.2) is 6.61 Å². The van der Waals surface area contributed by atoms with Crippen LogP contribution in [0, 0.1) is 6.92 Å². The summed E-state index contributed by atoms with van der Waals surface area (Å²) in [7, 11) is 0. The normalized spacial score (nSPS) is 13.3. The van der Waals surface area contributed by atoms with Crippen LogP contribution in [0.1, 0.15) is 61.3 Å². The Morgan fingerprint density at radius 1 is 1.30 bits per heavy atom. The average molecular weight is 384 g/mol. The van der Waals surface area contributed by atoms with Gasteiger partial charge < -0.3 is 14.5 Å². The smallest absolute Gasteiger partial charge is 0.422 e. The molecule has 8 heteroatoms. The first-order valence-corrected chi connectivity index (χ1v) is 8.44. The molecular formula is C19H23F3N2O3. The second-order valence-electron chi connectivity index (χ2n) is 7.35. The fourth-order valence-corrected chi connectivity index (χ4v) is 2.32. The molecule has 27 heavy (non-hydrogen) atoms. The maximum absolute atomic E-state index is 12.5. The first kappa shape index (κ1) is 20.8. The summed E-state index contributed by atoms with van der Waals surface area (Å²) in [6.07, 6.45) is -3.21. The van der Waals surface area contributed by atoms with E-state index in [1.165, 1.54) is 18.3 Å². The van der Waals surface area contributed by atoms with Gasteiger partial charge in [-0.15, -0.1) is 0 Å². The highest BCUT2D eigenvalue weighted by Crippen LogP contribution is 2.27. The molecule has 0 saturated carbocycles. The summed E-state index contributed by atoms with van der Waals surface area (Å²) in [5.41, 5.74) is 0.722. The minimum atomic E-state index is -4.41. The van der Waals surface area contributed by atoms with Gasteiger partial charge in [-0.25, -0.2) is 0 Å². The van der Waals surface area contributed by atoms with Crippen molar-refractivity contribution in [3.63, 3.8) is 0 Å². The number of alkyl halides is 3. The van der Waals surface area contributed by atoms with Gasteiger partial charge in [0.25, 0.3) is 5.91 Å². The Morgan fingerprint density at radius 3 is 2.44 bits per heavy atom. The molecule has 0 saturated heterocycles. The Hall–Kier alpha value is -2.51. The Kier molecular flexibility index (Phi) is 5.87. The fraction of sp³-hybridized carbons (Fsp3) is 0.474. The second kappa shape index (κ2) is 7.62. The number of rotatable bonds is 5. The number of halogens is 3. The summed E-state index contributed by atoms with van der Waals surface area (Å²) < 4.78 is 46.8. The number of aromatic nitrogens is 1. The molecular weight excluding hydrogens is 361 g/mol. The van der Waals surface area contributed by atoms with Crippen molar-refractivity contribution >= 4 is 5.91 Å². The summed E-state index contributed by atoms with van der Waals surface area (Å²) >= 11 is 0. The maximum Gasteiger partial charge on any atom is 0.422 e. The number of carbonyl (C=O) groups is 1. The maximum atomic E-state index is 12.5. The number of nitrogens with one attached hydrogen (secondary N) is 1. The number of amides is 1. The lowest BCUT2D eigenvalue weighted by atomic mass is 9.93. The molecule has 1 atom stereocenters. The van der Waals surface area contributed by atoms with Crippen molar-refractivity contribution in [3.05, 3.63) is 47.2 Å². The number of hydrogen-bond donors (Lipinski definition) is 1. The Labute approximate surface area is 155 Å². The van der Waals surface area contributed by atoms with Crippen LogP contribution in [0.3, 0.4) is 0 Å². The SMILES string of the molecule is Cc1oc(C(C)(C)C)cc1C(=O)N[C@H](C)c1ccc(OCC(F)(F)F)cn1. The number of carbonyl (C=O) groups excluding carboxylic acids is 1. The largest absolute Gasteiger partial charge is 0.483 e. The van der Waals surface area contributed by atoms with E-state index in [-0.39, 0.29) is 17.1 Å². The van der Waals surface area contributed by atoms with E-state index in [1.54, 1.807) is 19.9 Å². The van der Waals surface area contributed by atoms with E-state index < -0.39 is 18.8 Å². The molecule has 2 aromatic rings. The van der Waals surface area contributed by atoms with Gasteiger partial charge in [0.05, 0.1) is 23.5 Å². The third-order valence-electron chi connectivity index (χ3n) is 3.85. The van der Waals surface area contributed by atoms with Gasteiger partial charge in [0.1, 0.15) is 17.3 Å². The summed E-state index contributed by atoms with van der Waals surface area (Å²) in [4.78, 5) is 16.6. The molecule has 0 spiro atoms. The van der Waals surface area contributed by atoms with E-state index in [4.69, 9.17) is 4.42 Å². The van der Waals surface area contributed by atoms with Crippen LogP contribution in [0.15, 0.2) is 28.8 Å². The van der Waals surface area contributed by atoms with Gasteiger partial charge in [-0.2, -0.15) is 13.2 Å². The third kappa shape index (κ3) is 5.74. The molecule has 1 N–H and O–H groups in total. The quantitative estimate of drug-likeness (QED) is 0.811. The highest BCUT2D eigenvalue weighted by molar-refractivity contribution is 5.95. The van der Waals surface area contributed by atoms with E-state index in [9.17, 15) is 18.0 Å².